The van der Waals surface area contributed by atoms with E-state index in [9.17, 15) is 9.18 Å². The van der Waals surface area contributed by atoms with E-state index in [-0.39, 0.29) is 24.7 Å². The van der Waals surface area contributed by atoms with Gasteiger partial charge in [-0.3, -0.25) is 4.79 Å². The average Bonchev–Trinajstić information content (AvgIpc) is 2.79. The van der Waals surface area contributed by atoms with Crippen molar-refractivity contribution in [2.45, 2.75) is 13.0 Å². The highest BCUT2D eigenvalue weighted by atomic mass is 19.1. The number of aromatic nitrogens is 4. The van der Waals surface area contributed by atoms with Gasteiger partial charge in [0.05, 0.1) is 13.0 Å². The Morgan fingerprint density at radius 1 is 1.47 bits per heavy atom. The van der Waals surface area contributed by atoms with Crippen LogP contribution >= 0.6 is 0 Å². The molecular formula is C10H10FN5O. The topological polar surface area (TPSA) is 83.6 Å². The lowest BCUT2D eigenvalue weighted by molar-refractivity contribution is -0.120. The van der Waals surface area contributed by atoms with E-state index >= 15 is 0 Å². The highest BCUT2D eigenvalue weighted by Crippen LogP contribution is 2.04. The van der Waals surface area contributed by atoms with Crippen molar-refractivity contribution in [2.75, 3.05) is 0 Å². The number of rotatable bonds is 4. The summed E-state index contributed by atoms with van der Waals surface area (Å²) in [5, 5.41) is 15.6. The molecule has 6 nitrogen and oxygen atoms in total. The van der Waals surface area contributed by atoms with Crippen molar-refractivity contribution in [3.63, 3.8) is 0 Å². The number of hydrogen-bond donors (Lipinski definition) is 2. The summed E-state index contributed by atoms with van der Waals surface area (Å²) in [5.74, 6) is -0.175. The molecule has 0 atom stereocenters. The summed E-state index contributed by atoms with van der Waals surface area (Å²) in [4.78, 5) is 11.5. The molecule has 17 heavy (non-hydrogen) atoms. The van der Waals surface area contributed by atoms with E-state index in [1.165, 1.54) is 12.1 Å². The lowest BCUT2D eigenvalue weighted by Gasteiger charge is -2.02. The normalized spacial score (nSPS) is 10.2. The number of tetrazole rings is 1. The Balaban J connectivity index is 1.85. The fourth-order valence-corrected chi connectivity index (χ4v) is 1.33. The molecule has 0 saturated heterocycles. The third kappa shape index (κ3) is 3.33. The number of amides is 1. The summed E-state index contributed by atoms with van der Waals surface area (Å²) in [6.07, 6.45) is 0.121. The summed E-state index contributed by atoms with van der Waals surface area (Å²) >= 11 is 0. The van der Waals surface area contributed by atoms with Crippen molar-refractivity contribution in [1.29, 1.82) is 0 Å². The van der Waals surface area contributed by atoms with Crippen LogP contribution in [0, 0.1) is 5.82 Å². The third-order valence-electron chi connectivity index (χ3n) is 2.09. The molecule has 0 unspecified atom stereocenters. The molecule has 0 radical (unpaired) electrons. The zero-order chi connectivity index (χ0) is 12.1. The van der Waals surface area contributed by atoms with E-state index in [2.05, 4.69) is 25.9 Å². The molecule has 1 amide bonds. The van der Waals surface area contributed by atoms with Gasteiger partial charge in [0.1, 0.15) is 5.82 Å². The SMILES string of the molecule is O=C(Cc1cccc(F)c1)NCc1nn[nH]n1. The van der Waals surface area contributed by atoms with Gasteiger partial charge in [-0.1, -0.05) is 17.3 Å². The Hall–Kier alpha value is -2.31. The lowest BCUT2D eigenvalue weighted by atomic mass is 10.1. The highest BCUT2D eigenvalue weighted by Gasteiger charge is 2.05. The van der Waals surface area contributed by atoms with Gasteiger partial charge in [-0.05, 0) is 17.7 Å². The number of benzene rings is 1. The second kappa shape index (κ2) is 5.15. The van der Waals surface area contributed by atoms with Crippen LogP contribution in [-0.4, -0.2) is 26.5 Å². The molecule has 0 saturated carbocycles. The maximum atomic E-state index is 12.9. The van der Waals surface area contributed by atoms with Gasteiger partial charge in [0.15, 0.2) is 5.82 Å². The van der Waals surface area contributed by atoms with E-state index in [1.54, 1.807) is 12.1 Å². The van der Waals surface area contributed by atoms with Crippen LogP contribution in [0.2, 0.25) is 0 Å². The number of hydrogen-bond acceptors (Lipinski definition) is 4. The minimum atomic E-state index is -0.353. The van der Waals surface area contributed by atoms with Gasteiger partial charge in [0.25, 0.3) is 0 Å². The second-order valence-electron chi connectivity index (χ2n) is 3.41. The van der Waals surface area contributed by atoms with Gasteiger partial charge in [-0.25, -0.2) is 4.39 Å². The summed E-state index contributed by atoms with van der Waals surface area (Å²) in [5.41, 5.74) is 0.621. The molecule has 2 N–H and O–H groups in total. The molecule has 1 aromatic carbocycles. The fraction of sp³-hybridized carbons (Fsp3) is 0.200. The zero-order valence-electron chi connectivity index (χ0n) is 8.85. The molecule has 1 heterocycles. The summed E-state index contributed by atoms with van der Waals surface area (Å²) in [6, 6.07) is 5.92. The fourth-order valence-electron chi connectivity index (χ4n) is 1.33. The minimum absolute atomic E-state index is 0.121. The smallest absolute Gasteiger partial charge is 0.224 e. The van der Waals surface area contributed by atoms with E-state index < -0.39 is 0 Å². The van der Waals surface area contributed by atoms with Gasteiger partial charge in [0, 0.05) is 0 Å². The number of carbonyl (C=O) groups is 1. The van der Waals surface area contributed by atoms with Crippen LogP contribution < -0.4 is 5.32 Å². The first-order valence-corrected chi connectivity index (χ1v) is 4.97. The van der Waals surface area contributed by atoms with E-state index in [0.29, 0.717) is 11.4 Å². The summed E-state index contributed by atoms with van der Waals surface area (Å²) < 4.78 is 12.9. The van der Waals surface area contributed by atoms with E-state index in [1.807, 2.05) is 0 Å². The minimum Gasteiger partial charge on any atom is -0.348 e. The molecule has 0 aliphatic heterocycles. The van der Waals surface area contributed by atoms with Crippen LogP contribution in [0.4, 0.5) is 4.39 Å². The molecule has 0 fully saturated rings. The predicted octanol–water partition coefficient (Wildman–Crippen LogP) is 0.198. The average molecular weight is 235 g/mol. The summed E-state index contributed by atoms with van der Waals surface area (Å²) in [6.45, 7) is 0.199. The first-order valence-electron chi connectivity index (χ1n) is 4.97. The van der Waals surface area contributed by atoms with Crippen LogP contribution in [0.1, 0.15) is 11.4 Å². The van der Waals surface area contributed by atoms with Gasteiger partial charge in [-0.15, -0.1) is 10.2 Å². The largest absolute Gasteiger partial charge is 0.348 e. The number of halogens is 1. The van der Waals surface area contributed by atoms with Crippen LogP contribution in [0.25, 0.3) is 0 Å². The molecule has 0 aliphatic carbocycles. The van der Waals surface area contributed by atoms with Crippen LogP contribution in [-0.2, 0) is 17.8 Å². The molecule has 88 valence electrons. The Morgan fingerprint density at radius 3 is 3.06 bits per heavy atom. The van der Waals surface area contributed by atoms with Crippen molar-refractivity contribution in [3.05, 3.63) is 41.5 Å². The van der Waals surface area contributed by atoms with E-state index in [0.717, 1.165) is 0 Å². The predicted molar refractivity (Wildman–Crippen MR) is 56.1 cm³/mol. The standard InChI is InChI=1S/C10H10FN5O/c11-8-3-1-2-7(4-8)5-10(17)12-6-9-13-15-16-14-9/h1-4H,5-6H2,(H,12,17)(H,13,14,15,16). The van der Waals surface area contributed by atoms with Crippen molar-refractivity contribution in [1.82, 2.24) is 25.9 Å². The molecule has 0 bridgehead atoms. The quantitative estimate of drug-likeness (QED) is 0.792. The van der Waals surface area contributed by atoms with Gasteiger partial charge >= 0.3 is 0 Å². The Kier molecular flexibility index (Phi) is 3.39. The molecular weight excluding hydrogens is 225 g/mol. The first-order chi connectivity index (χ1) is 8.24. The number of H-pyrrole nitrogens is 1. The monoisotopic (exact) mass is 235 g/mol. The molecule has 1 aromatic heterocycles. The number of nitrogens with one attached hydrogen (secondary N) is 2. The van der Waals surface area contributed by atoms with E-state index in [4.69, 9.17) is 0 Å². The summed E-state index contributed by atoms with van der Waals surface area (Å²) in [7, 11) is 0. The Bertz CT molecular complexity index is 499. The maximum Gasteiger partial charge on any atom is 0.224 e. The molecule has 7 heteroatoms. The Labute approximate surface area is 96.2 Å². The second-order valence-corrected chi connectivity index (χ2v) is 3.41. The van der Waals surface area contributed by atoms with Crippen LogP contribution in [0.3, 0.4) is 0 Å². The van der Waals surface area contributed by atoms with Gasteiger partial charge in [0.2, 0.25) is 5.91 Å². The third-order valence-corrected chi connectivity index (χ3v) is 2.09. The Morgan fingerprint density at radius 2 is 2.35 bits per heavy atom. The highest BCUT2D eigenvalue weighted by molar-refractivity contribution is 5.78. The van der Waals surface area contributed by atoms with Crippen molar-refractivity contribution < 1.29 is 9.18 Å². The lowest BCUT2D eigenvalue weighted by Crippen LogP contribution is -2.25. The van der Waals surface area contributed by atoms with Gasteiger partial charge < -0.3 is 5.32 Å². The molecule has 0 aliphatic rings. The van der Waals surface area contributed by atoms with Crippen molar-refractivity contribution in [3.8, 4) is 0 Å². The van der Waals surface area contributed by atoms with Crippen LogP contribution in [0.15, 0.2) is 24.3 Å². The zero-order valence-corrected chi connectivity index (χ0v) is 8.85. The number of nitrogens with zero attached hydrogens (tertiary/aromatic N) is 3. The number of carbonyl (C=O) groups excluding carboxylic acids is 1. The van der Waals surface area contributed by atoms with Gasteiger partial charge in [-0.2, -0.15) is 5.21 Å². The van der Waals surface area contributed by atoms with Crippen LogP contribution in [0.5, 0.6) is 0 Å². The molecule has 2 aromatic rings. The molecule has 0 spiro atoms. The first kappa shape index (κ1) is 11.2. The maximum absolute atomic E-state index is 12.9. The molecule has 2 rings (SSSR count). The van der Waals surface area contributed by atoms with Crippen molar-refractivity contribution >= 4 is 5.91 Å². The number of aromatic amines is 1. The van der Waals surface area contributed by atoms with Crippen molar-refractivity contribution in [2.24, 2.45) is 0 Å².